The van der Waals surface area contributed by atoms with E-state index >= 15 is 0 Å². The van der Waals surface area contributed by atoms with E-state index in [9.17, 15) is 0 Å². The largest absolute Gasteiger partial charge is 0.480 e. The van der Waals surface area contributed by atoms with Crippen LogP contribution in [0.15, 0.2) is 30.3 Å². The first-order valence-corrected chi connectivity index (χ1v) is 5.57. The molecule has 1 aromatic rings. The van der Waals surface area contributed by atoms with E-state index in [-0.39, 0.29) is 0 Å². The van der Waals surface area contributed by atoms with Crippen molar-refractivity contribution in [2.45, 2.75) is 0 Å². The number of anilines is 1. The zero-order valence-corrected chi connectivity index (χ0v) is 9.67. The Balaban J connectivity index is 0.000000249. The van der Waals surface area contributed by atoms with Gasteiger partial charge in [-0.3, -0.25) is 0 Å². The van der Waals surface area contributed by atoms with Gasteiger partial charge in [0.2, 0.25) is 0 Å². The van der Waals surface area contributed by atoms with E-state index in [0.29, 0.717) is 0 Å². The fraction of sp³-hybridized carbons (Fsp3) is 0.417. The number of carboxylic acids is 1. The predicted octanol–water partition coefficient (Wildman–Crippen LogP) is 0.159. The standard InChI is InChI=1S/C10H14N2.C2H4O3/c1-2-4-10(5-3-1)12-8-6-11-7-9-12;3-1-2(4)5/h1-5,11H,6-9H2;3H,1H2,(H,4,5). The maximum atomic E-state index is 9.12. The van der Waals surface area contributed by atoms with Crippen LogP contribution >= 0.6 is 0 Å². The van der Waals surface area contributed by atoms with Crippen LogP contribution in [-0.4, -0.2) is 49.0 Å². The summed E-state index contributed by atoms with van der Waals surface area (Å²) in [4.78, 5) is 11.5. The highest BCUT2D eigenvalue weighted by Crippen LogP contribution is 2.12. The van der Waals surface area contributed by atoms with Gasteiger partial charge >= 0.3 is 5.97 Å². The molecule has 94 valence electrons. The minimum Gasteiger partial charge on any atom is -0.480 e. The number of nitrogens with one attached hydrogen (secondary N) is 1. The van der Waals surface area contributed by atoms with Crippen LogP contribution in [0.1, 0.15) is 0 Å². The topological polar surface area (TPSA) is 72.8 Å². The van der Waals surface area contributed by atoms with Crippen LogP contribution in [0, 0.1) is 0 Å². The molecule has 1 aliphatic rings. The number of para-hydroxylation sites is 1. The van der Waals surface area contributed by atoms with Crippen molar-refractivity contribution in [1.29, 1.82) is 0 Å². The van der Waals surface area contributed by atoms with Crippen LogP contribution in [0.3, 0.4) is 0 Å². The van der Waals surface area contributed by atoms with E-state index in [2.05, 4.69) is 40.5 Å². The highest BCUT2D eigenvalue weighted by Gasteiger charge is 2.08. The second kappa shape index (κ2) is 7.65. The Kier molecular flexibility index (Phi) is 6.06. The Bertz CT molecular complexity index is 324. The fourth-order valence-electron chi connectivity index (χ4n) is 1.56. The lowest BCUT2D eigenvalue weighted by atomic mass is 10.2. The molecule has 2 rings (SSSR count). The molecule has 0 radical (unpaired) electrons. The molecule has 0 saturated carbocycles. The molecule has 17 heavy (non-hydrogen) atoms. The number of aliphatic carboxylic acids is 1. The Labute approximate surface area is 101 Å². The molecule has 1 aromatic carbocycles. The average molecular weight is 238 g/mol. The summed E-state index contributed by atoms with van der Waals surface area (Å²) >= 11 is 0. The zero-order valence-electron chi connectivity index (χ0n) is 9.67. The van der Waals surface area contributed by atoms with Crippen molar-refractivity contribution in [3.8, 4) is 0 Å². The molecular weight excluding hydrogens is 220 g/mol. The van der Waals surface area contributed by atoms with Gasteiger partial charge in [0, 0.05) is 31.9 Å². The van der Waals surface area contributed by atoms with E-state index < -0.39 is 12.6 Å². The van der Waals surface area contributed by atoms with Crippen LogP contribution in [-0.2, 0) is 4.79 Å². The first-order valence-electron chi connectivity index (χ1n) is 5.57. The first kappa shape index (κ1) is 13.5. The minimum atomic E-state index is -1.19. The van der Waals surface area contributed by atoms with Gasteiger partial charge in [0.15, 0.2) is 0 Å². The summed E-state index contributed by atoms with van der Waals surface area (Å²) in [5.41, 5.74) is 1.35. The zero-order chi connectivity index (χ0) is 12.5. The number of hydrogen-bond acceptors (Lipinski definition) is 4. The monoisotopic (exact) mass is 238 g/mol. The van der Waals surface area contributed by atoms with Gasteiger partial charge in [0.25, 0.3) is 0 Å². The third-order valence-electron chi connectivity index (χ3n) is 2.37. The van der Waals surface area contributed by atoms with Gasteiger partial charge in [-0.2, -0.15) is 0 Å². The lowest BCUT2D eigenvalue weighted by Gasteiger charge is -2.29. The second-order valence-electron chi connectivity index (χ2n) is 3.62. The third kappa shape index (κ3) is 5.33. The van der Waals surface area contributed by atoms with Crippen molar-refractivity contribution < 1.29 is 15.0 Å². The normalized spacial score (nSPS) is 14.8. The number of piperazine rings is 1. The first-order chi connectivity index (χ1) is 8.24. The number of rotatable bonds is 2. The van der Waals surface area contributed by atoms with Gasteiger partial charge in [-0.1, -0.05) is 18.2 Å². The van der Waals surface area contributed by atoms with Crippen molar-refractivity contribution in [3.05, 3.63) is 30.3 Å². The van der Waals surface area contributed by atoms with Gasteiger partial charge < -0.3 is 20.4 Å². The van der Waals surface area contributed by atoms with Crippen LogP contribution in [0.5, 0.6) is 0 Å². The van der Waals surface area contributed by atoms with Gasteiger partial charge in [-0.15, -0.1) is 0 Å². The van der Waals surface area contributed by atoms with Crippen molar-refractivity contribution in [1.82, 2.24) is 5.32 Å². The molecule has 5 nitrogen and oxygen atoms in total. The number of carboxylic acid groups (broad SMARTS) is 1. The molecular formula is C12H18N2O3. The minimum absolute atomic E-state index is 0.778. The van der Waals surface area contributed by atoms with Crippen molar-refractivity contribution >= 4 is 11.7 Å². The summed E-state index contributed by atoms with van der Waals surface area (Å²) in [5, 5.41) is 18.4. The SMILES string of the molecule is O=C(O)CO.c1ccc(N2CCNCC2)cc1. The quantitative estimate of drug-likeness (QED) is 0.684. The maximum Gasteiger partial charge on any atom is 0.329 e. The van der Waals surface area contributed by atoms with E-state index in [1.807, 2.05) is 0 Å². The molecule has 3 N–H and O–H groups in total. The highest BCUT2D eigenvalue weighted by atomic mass is 16.4. The van der Waals surface area contributed by atoms with E-state index in [1.165, 1.54) is 5.69 Å². The molecule has 1 heterocycles. The van der Waals surface area contributed by atoms with Gasteiger partial charge in [-0.05, 0) is 12.1 Å². The number of benzene rings is 1. The van der Waals surface area contributed by atoms with Gasteiger partial charge in [0.1, 0.15) is 6.61 Å². The summed E-state index contributed by atoms with van der Waals surface area (Å²) < 4.78 is 0. The van der Waals surface area contributed by atoms with Crippen LogP contribution in [0.4, 0.5) is 5.69 Å². The summed E-state index contributed by atoms with van der Waals surface area (Å²) in [5.74, 6) is -1.19. The smallest absolute Gasteiger partial charge is 0.329 e. The highest BCUT2D eigenvalue weighted by molar-refractivity contribution is 5.67. The van der Waals surface area contributed by atoms with Crippen molar-refractivity contribution in [2.24, 2.45) is 0 Å². The number of aliphatic hydroxyl groups excluding tert-OH is 1. The van der Waals surface area contributed by atoms with Crippen molar-refractivity contribution in [3.63, 3.8) is 0 Å². The lowest BCUT2D eigenvalue weighted by Crippen LogP contribution is -2.43. The number of nitrogens with zero attached hydrogens (tertiary/aromatic N) is 1. The van der Waals surface area contributed by atoms with Gasteiger partial charge in [-0.25, -0.2) is 4.79 Å². The summed E-state index contributed by atoms with van der Waals surface area (Å²) in [6, 6.07) is 10.6. The molecule has 1 saturated heterocycles. The summed E-state index contributed by atoms with van der Waals surface area (Å²) in [6.07, 6.45) is 0. The molecule has 0 amide bonds. The van der Waals surface area contributed by atoms with Crippen LogP contribution < -0.4 is 10.2 Å². The molecule has 1 fully saturated rings. The second-order valence-corrected chi connectivity index (χ2v) is 3.62. The van der Waals surface area contributed by atoms with Crippen molar-refractivity contribution in [2.75, 3.05) is 37.7 Å². The third-order valence-corrected chi connectivity index (χ3v) is 2.37. The van der Waals surface area contributed by atoms with Crippen LogP contribution in [0.25, 0.3) is 0 Å². The van der Waals surface area contributed by atoms with E-state index in [0.717, 1.165) is 26.2 Å². The molecule has 0 spiro atoms. The molecule has 0 bridgehead atoms. The molecule has 0 aliphatic carbocycles. The number of carbonyl (C=O) groups is 1. The lowest BCUT2D eigenvalue weighted by molar-refractivity contribution is -0.140. The number of hydrogen-bond donors (Lipinski definition) is 3. The average Bonchev–Trinajstić information content (AvgIpc) is 2.41. The summed E-state index contributed by atoms with van der Waals surface area (Å²) in [7, 11) is 0. The predicted molar refractivity (Wildman–Crippen MR) is 66.2 cm³/mol. The molecule has 0 aromatic heterocycles. The maximum absolute atomic E-state index is 9.12. The molecule has 0 unspecified atom stereocenters. The summed E-state index contributed by atoms with van der Waals surface area (Å²) in [6.45, 7) is 3.69. The van der Waals surface area contributed by atoms with Gasteiger partial charge in [0.05, 0.1) is 0 Å². The Morgan fingerprint density at radius 1 is 1.24 bits per heavy atom. The Hall–Kier alpha value is -1.59. The Morgan fingerprint density at radius 3 is 2.24 bits per heavy atom. The fourth-order valence-corrected chi connectivity index (χ4v) is 1.56. The van der Waals surface area contributed by atoms with Crippen LogP contribution in [0.2, 0.25) is 0 Å². The van der Waals surface area contributed by atoms with E-state index in [4.69, 9.17) is 15.0 Å². The van der Waals surface area contributed by atoms with E-state index in [1.54, 1.807) is 0 Å². The molecule has 0 atom stereocenters. The number of aliphatic hydroxyl groups is 1. The Morgan fingerprint density at radius 2 is 1.76 bits per heavy atom. The molecule has 1 aliphatic heterocycles. The molecule has 5 heteroatoms.